The molecule has 0 radical (unpaired) electrons. The molecular formula is C12H31NO3Si. The molecule has 4 nitrogen and oxygen atoms in total. The molecule has 0 aliphatic carbocycles. The molecule has 0 saturated heterocycles. The SMILES string of the molecule is CCCO[Si](CC)(OCCC)OCCC.CN. The van der Waals surface area contributed by atoms with E-state index >= 15 is 0 Å². The maximum absolute atomic E-state index is 5.83. The Morgan fingerprint density at radius 2 is 1.00 bits per heavy atom. The van der Waals surface area contributed by atoms with Crippen molar-refractivity contribution in [3.8, 4) is 0 Å². The van der Waals surface area contributed by atoms with Crippen LogP contribution in [0.2, 0.25) is 6.04 Å². The molecule has 0 saturated carbocycles. The molecular weight excluding hydrogens is 234 g/mol. The first-order chi connectivity index (χ1) is 8.24. The lowest BCUT2D eigenvalue weighted by Crippen LogP contribution is -2.45. The van der Waals surface area contributed by atoms with Crippen molar-refractivity contribution in [3.63, 3.8) is 0 Å². The second-order valence-electron chi connectivity index (χ2n) is 3.58. The maximum atomic E-state index is 5.83. The Morgan fingerprint density at radius 3 is 1.18 bits per heavy atom. The molecule has 0 rings (SSSR count). The van der Waals surface area contributed by atoms with Gasteiger partial charge in [0.1, 0.15) is 0 Å². The zero-order valence-electron chi connectivity index (χ0n) is 12.3. The van der Waals surface area contributed by atoms with E-state index in [0.29, 0.717) is 0 Å². The van der Waals surface area contributed by atoms with Gasteiger partial charge in [0.15, 0.2) is 0 Å². The van der Waals surface area contributed by atoms with Gasteiger partial charge in [-0.2, -0.15) is 0 Å². The summed E-state index contributed by atoms with van der Waals surface area (Å²) in [5.41, 5.74) is 4.50. The van der Waals surface area contributed by atoms with Gasteiger partial charge in [-0.05, 0) is 26.3 Å². The summed E-state index contributed by atoms with van der Waals surface area (Å²) in [6.07, 6.45) is 3.04. The lowest BCUT2D eigenvalue weighted by molar-refractivity contribution is 0.0604. The van der Waals surface area contributed by atoms with Gasteiger partial charge >= 0.3 is 8.80 Å². The highest BCUT2D eigenvalue weighted by Gasteiger charge is 2.38. The van der Waals surface area contributed by atoms with Crippen LogP contribution in [0, 0.1) is 0 Å². The zero-order valence-corrected chi connectivity index (χ0v) is 13.3. The van der Waals surface area contributed by atoms with Gasteiger partial charge in [-0.3, -0.25) is 0 Å². The third-order valence-electron chi connectivity index (χ3n) is 2.01. The molecule has 0 aliphatic rings. The van der Waals surface area contributed by atoms with E-state index in [1.165, 1.54) is 7.05 Å². The summed E-state index contributed by atoms with van der Waals surface area (Å²) < 4.78 is 17.5. The zero-order chi connectivity index (χ0) is 13.6. The molecule has 0 bridgehead atoms. The van der Waals surface area contributed by atoms with Gasteiger partial charge in [0.05, 0.1) is 0 Å². The van der Waals surface area contributed by atoms with Crippen LogP contribution in [0.1, 0.15) is 47.0 Å². The van der Waals surface area contributed by atoms with Gasteiger partial charge in [-0.1, -0.05) is 27.7 Å². The average molecular weight is 265 g/mol. The molecule has 0 spiro atoms. The van der Waals surface area contributed by atoms with E-state index in [0.717, 1.165) is 45.1 Å². The Bertz CT molecular complexity index is 126. The van der Waals surface area contributed by atoms with E-state index in [1.807, 2.05) is 0 Å². The van der Waals surface area contributed by atoms with Gasteiger partial charge in [0, 0.05) is 25.9 Å². The highest BCUT2D eigenvalue weighted by molar-refractivity contribution is 6.60. The second kappa shape index (κ2) is 14.1. The molecule has 0 aromatic carbocycles. The fraction of sp³-hybridized carbons (Fsp3) is 1.00. The van der Waals surface area contributed by atoms with Crippen molar-refractivity contribution in [2.24, 2.45) is 5.73 Å². The predicted molar refractivity (Wildman–Crippen MR) is 75.1 cm³/mol. The van der Waals surface area contributed by atoms with Gasteiger partial charge in [0.2, 0.25) is 0 Å². The van der Waals surface area contributed by atoms with Crippen molar-refractivity contribution in [3.05, 3.63) is 0 Å². The van der Waals surface area contributed by atoms with Crippen LogP contribution < -0.4 is 5.73 Å². The van der Waals surface area contributed by atoms with Crippen molar-refractivity contribution in [2.45, 2.75) is 53.0 Å². The van der Waals surface area contributed by atoms with Crippen LogP contribution in [0.3, 0.4) is 0 Å². The summed E-state index contributed by atoms with van der Waals surface area (Å²) in [6.45, 7) is 10.6. The highest BCUT2D eigenvalue weighted by atomic mass is 28.4. The molecule has 0 aromatic rings. The summed E-state index contributed by atoms with van der Waals surface area (Å²) in [4.78, 5) is 0. The van der Waals surface area contributed by atoms with Crippen molar-refractivity contribution in [1.82, 2.24) is 0 Å². The van der Waals surface area contributed by atoms with Crippen LogP contribution in [0.4, 0.5) is 0 Å². The third kappa shape index (κ3) is 9.73. The lowest BCUT2D eigenvalue weighted by Gasteiger charge is -2.28. The van der Waals surface area contributed by atoms with Crippen LogP contribution in [0.15, 0.2) is 0 Å². The minimum Gasteiger partial charge on any atom is -0.373 e. The van der Waals surface area contributed by atoms with Crippen LogP contribution in [0.5, 0.6) is 0 Å². The second-order valence-corrected chi connectivity index (χ2v) is 6.52. The van der Waals surface area contributed by atoms with E-state index < -0.39 is 8.80 Å². The van der Waals surface area contributed by atoms with Crippen LogP contribution >= 0.6 is 0 Å². The predicted octanol–water partition coefficient (Wildman–Crippen LogP) is 2.80. The van der Waals surface area contributed by atoms with Gasteiger partial charge in [0.25, 0.3) is 0 Å². The first-order valence-electron chi connectivity index (χ1n) is 6.74. The van der Waals surface area contributed by atoms with E-state index in [4.69, 9.17) is 13.3 Å². The van der Waals surface area contributed by atoms with E-state index in [9.17, 15) is 0 Å². The van der Waals surface area contributed by atoms with E-state index in [-0.39, 0.29) is 0 Å². The van der Waals surface area contributed by atoms with Crippen LogP contribution in [-0.2, 0) is 13.3 Å². The lowest BCUT2D eigenvalue weighted by atomic mass is 10.5. The largest absolute Gasteiger partial charge is 0.500 e. The van der Waals surface area contributed by atoms with Crippen molar-refractivity contribution < 1.29 is 13.3 Å². The Hall–Kier alpha value is 0.0569. The van der Waals surface area contributed by atoms with Crippen molar-refractivity contribution in [2.75, 3.05) is 26.9 Å². The van der Waals surface area contributed by atoms with Gasteiger partial charge < -0.3 is 19.0 Å². The minimum absolute atomic E-state index is 0.744. The topological polar surface area (TPSA) is 53.7 Å². The number of rotatable bonds is 10. The molecule has 0 aromatic heterocycles. The molecule has 17 heavy (non-hydrogen) atoms. The molecule has 0 unspecified atom stereocenters. The Morgan fingerprint density at radius 1 is 0.706 bits per heavy atom. The monoisotopic (exact) mass is 265 g/mol. The number of nitrogens with two attached hydrogens (primary N) is 1. The normalized spacial score (nSPS) is 10.9. The summed E-state index contributed by atoms with van der Waals surface area (Å²) >= 11 is 0. The Balaban J connectivity index is 0. The summed E-state index contributed by atoms with van der Waals surface area (Å²) in [5, 5.41) is 0. The average Bonchev–Trinajstić information content (AvgIpc) is 2.41. The molecule has 106 valence electrons. The summed E-state index contributed by atoms with van der Waals surface area (Å²) in [7, 11) is -0.832. The summed E-state index contributed by atoms with van der Waals surface area (Å²) in [6, 6.07) is 0.868. The number of hydrogen-bond donors (Lipinski definition) is 1. The minimum atomic E-state index is -2.33. The van der Waals surface area contributed by atoms with Crippen molar-refractivity contribution in [1.29, 1.82) is 0 Å². The van der Waals surface area contributed by atoms with E-state index in [1.54, 1.807) is 0 Å². The molecule has 0 amide bonds. The Labute approximate surface area is 108 Å². The molecule has 5 heteroatoms. The third-order valence-corrected chi connectivity index (χ3v) is 4.81. The quantitative estimate of drug-likeness (QED) is 0.617. The molecule has 0 atom stereocenters. The van der Waals surface area contributed by atoms with Crippen molar-refractivity contribution >= 4 is 8.80 Å². The van der Waals surface area contributed by atoms with E-state index in [2.05, 4.69) is 33.4 Å². The van der Waals surface area contributed by atoms with Gasteiger partial charge in [-0.25, -0.2) is 0 Å². The molecule has 0 fully saturated rings. The fourth-order valence-corrected chi connectivity index (χ4v) is 3.61. The maximum Gasteiger partial charge on any atom is 0.500 e. The molecule has 0 heterocycles. The molecule has 2 N–H and O–H groups in total. The van der Waals surface area contributed by atoms with Crippen LogP contribution in [0.25, 0.3) is 0 Å². The molecule has 0 aliphatic heterocycles. The smallest absolute Gasteiger partial charge is 0.373 e. The Kier molecular flexibility index (Phi) is 16.1. The number of hydrogen-bond acceptors (Lipinski definition) is 4. The standard InChI is InChI=1S/C11H26O3Si.CH5N/c1-5-9-12-15(8-4,13-10-6-2)14-11-7-3;1-2/h5-11H2,1-4H3;2H2,1H3. The first-order valence-corrected chi connectivity index (χ1v) is 8.67. The van der Waals surface area contributed by atoms with Gasteiger partial charge in [-0.15, -0.1) is 0 Å². The highest BCUT2D eigenvalue weighted by Crippen LogP contribution is 2.16. The summed E-state index contributed by atoms with van der Waals surface area (Å²) in [5.74, 6) is 0. The van der Waals surface area contributed by atoms with Crippen LogP contribution in [-0.4, -0.2) is 35.7 Å². The fourth-order valence-electron chi connectivity index (χ4n) is 1.20. The first kappa shape index (κ1) is 19.4.